The second kappa shape index (κ2) is 10.8. The van der Waals surface area contributed by atoms with Crippen molar-refractivity contribution in [2.45, 2.75) is 38.6 Å². The van der Waals surface area contributed by atoms with Gasteiger partial charge in [0.2, 0.25) is 0 Å². The van der Waals surface area contributed by atoms with E-state index in [1.165, 1.54) is 11.1 Å². The van der Waals surface area contributed by atoms with E-state index in [4.69, 9.17) is 9.72 Å². The average molecular weight is 458 g/mol. The lowest BCUT2D eigenvalue weighted by Crippen LogP contribution is -2.47. The van der Waals surface area contributed by atoms with Gasteiger partial charge in [0.25, 0.3) is 5.91 Å². The minimum atomic E-state index is -0.266. The van der Waals surface area contributed by atoms with Crippen molar-refractivity contribution in [2.75, 3.05) is 33.3 Å². The summed E-state index contributed by atoms with van der Waals surface area (Å²) in [6.45, 7) is 8.23. The fraction of sp³-hybridized carbons (Fsp3) is 0.379. The Bertz CT molecular complexity index is 1080. The van der Waals surface area contributed by atoms with Gasteiger partial charge in [0, 0.05) is 32.4 Å². The van der Waals surface area contributed by atoms with Crippen molar-refractivity contribution < 1.29 is 9.53 Å². The smallest absolute Gasteiger partial charge is 0.255 e. The predicted octanol–water partition coefficient (Wildman–Crippen LogP) is 5.15. The summed E-state index contributed by atoms with van der Waals surface area (Å²) in [4.78, 5) is 22.1. The molecular weight excluding hydrogens is 422 g/mol. The van der Waals surface area contributed by atoms with Crippen molar-refractivity contribution in [1.29, 1.82) is 0 Å². The van der Waals surface area contributed by atoms with Crippen molar-refractivity contribution in [3.05, 3.63) is 95.3 Å². The standard InChI is InChI=1S/C29H35N3O2/c1-4-32(5-2)28(33)24-15-16-27(30-20-24)29(25-13-9-14-26(19-25)34-3)17-10-18-31(22-29)21-23-11-7-6-8-12-23/h6-9,11-16,19-20H,4-5,10,17-18,21-22H2,1-3H3. The van der Waals surface area contributed by atoms with Crippen molar-refractivity contribution in [3.8, 4) is 5.75 Å². The second-order valence-corrected chi connectivity index (χ2v) is 9.02. The number of carbonyl (C=O) groups is 1. The third-order valence-electron chi connectivity index (χ3n) is 6.99. The Kier molecular flexibility index (Phi) is 7.63. The van der Waals surface area contributed by atoms with Gasteiger partial charge < -0.3 is 9.64 Å². The molecule has 5 heteroatoms. The molecule has 0 N–H and O–H groups in total. The number of hydrogen-bond donors (Lipinski definition) is 0. The molecule has 0 spiro atoms. The zero-order chi connectivity index (χ0) is 24.0. The maximum atomic E-state index is 12.8. The van der Waals surface area contributed by atoms with Gasteiger partial charge in [-0.25, -0.2) is 0 Å². The third-order valence-corrected chi connectivity index (χ3v) is 6.99. The van der Waals surface area contributed by atoms with Crippen LogP contribution in [0.15, 0.2) is 72.9 Å². The second-order valence-electron chi connectivity index (χ2n) is 9.02. The molecular formula is C29H35N3O2. The summed E-state index contributed by atoms with van der Waals surface area (Å²) in [5, 5.41) is 0. The average Bonchev–Trinajstić information content (AvgIpc) is 2.90. The van der Waals surface area contributed by atoms with E-state index in [1.54, 1.807) is 13.3 Å². The highest BCUT2D eigenvalue weighted by molar-refractivity contribution is 5.93. The van der Waals surface area contributed by atoms with Gasteiger partial charge in [-0.05, 0) is 68.6 Å². The van der Waals surface area contributed by atoms with Crippen LogP contribution in [0.4, 0.5) is 0 Å². The van der Waals surface area contributed by atoms with Crippen LogP contribution in [0.2, 0.25) is 0 Å². The lowest BCUT2D eigenvalue weighted by Gasteiger charge is -2.43. The van der Waals surface area contributed by atoms with E-state index in [1.807, 2.05) is 30.9 Å². The van der Waals surface area contributed by atoms with Gasteiger partial charge in [0.15, 0.2) is 0 Å². The van der Waals surface area contributed by atoms with E-state index in [0.29, 0.717) is 18.7 Å². The van der Waals surface area contributed by atoms with Crippen LogP contribution < -0.4 is 4.74 Å². The molecule has 1 unspecified atom stereocenters. The summed E-state index contributed by atoms with van der Waals surface area (Å²) < 4.78 is 5.57. The summed E-state index contributed by atoms with van der Waals surface area (Å²) in [6.07, 6.45) is 3.84. The van der Waals surface area contributed by atoms with E-state index in [9.17, 15) is 4.79 Å². The van der Waals surface area contributed by atoms with Gasteiger partial charge >= 0.3 is 0 Å². The van der Waals surface area contributed by atoms with Crippen LogP contribution in [-0.4, -0.2) is 54.0 Å². The molecule has 34 heavy (non-hydrogen) atoms. The van der Waals surface area contributed by atoms with Crippen LogP contribution in [-0.2, 0) is 12.0 Å². The number of methoxy groups -OCH3 is 1. The fourth-order valence-corrected chi connectivity index (χ4v) is 5.13. The van der Waals surface area contributed by atoms with Gasteiger partial charge in [-0.2, -0.15) is 0 Å². The van der Waals surface area contributed by atoms with Crippen molar-refractivity contribution >= 4 is 5.91 Å². The molecule has 0 aliphatic carbocycles. The van der Waals surface area contributed by atoms with Crippen molar-refractivity contribution in [1.82, 2.24) is 14.8 Å². The van der Waals surface area contributed by atoms with Crippen LogP contribution in [0.1, 0.15) is 53.9 Å². The molecule has 1 aliphatic rings. The van der Waals surface area contributed by atoms with Crippen LogP contribution in [0.3, 0.4) is 0 Å². The monoisotopic (exact) mass is 457 g/mol. The minimum absolute atomic E-state index is 0.0360. The van der Waals surface area contributed by atoms with Crippen molar-refractivity contribution in [3.63, 3.8) is 0 Å². The normalized spacial score (nSPS) is 18.4. The molecule has 0 bridgehead atoms. The number of likely N-dealkylation sites (tertiary alicyclic amines) is 1. The number of ether oxygens (including phenoxy) is 1. The van der Waals surface area contributed by atoms with Crippen molar-refractivity contribution in [2.24, 2.45) is 0 Å². The van der Waals surface area contributed by atoms with Crippen LogP contribution in [0.5, 0.6) is 5.75 Å². The lowest BCUT2D eigenvalue weighted by molar-refractivity contribution is 0.0772. The van der Waals surface area contributed by atoms with Crippen LogP contribution in [0, 0.1) is 0 Å². The first-order valence-corrected chi connectivity index (χ1v) is 12.3. The Balaban J connectivity index is 1.70. The van der Waals surface area contributed by atoms with Gasteiger partial charge in [-0.1, -0.05) is 42.5 Å². The molecule has 2 heterocycles. The Morgan fingerprint density at radius 2 is 1.85 bits per heavy atom. The molecule has 4 rings (SSSR count). The first-order chi connectivity index (χ1) is 16.6. The molecule has 1 amide bonds. The number of aromatic nitrogens is 1. The van der Waals surface area contributed by atoms with Gasteiger partial charge in [-0.3, -0.25) is 14.7 Å². The molecule has 5 nitrogen and oxygen atoms in total. The molecule has 0 saturated carbocycles. The number of piperidine rings is 1. The Morgan fingerprint density at radius 1 is 1.06 bits per heavy atom. The Hall–Kier alpha value is -3.18. The van der Waals surface area contributed by atoms with E-state index in [2.05, 4.69) is 59.5 Å². The molecule has 1 fully saturated rings. The van der Waals surface area contributed by atoms with Gasteiger partial charge in [0.05, 0.1) is 23.8 Å². The number of amides is 1. The summed E-state index contributed by atoms with van der Waals surface area (Å²) in [7, 11) is 1.71. The van der Waals surface area contributed by atoms with E-state index >= 15 is 0 Å². The molecule has 1 atom stereocenters. The highest BCUT2D eigenvalue weighted by Crippen LogP contribution is 2.41. The molecule has 3 aromatic rings. The topological polar surface area (TPSA) is 45.7 Å². The zero-order valence-corrected chi connectivity index (χ0v) is 20.5. The molecule has 1 saturated heterocycles. The van der Waals surface area contributed by atoms with E-state index in [-0.39, 0.29) is 11.3 Å². The number of rotatable bonds is 8. The maximum Gasteiger partial charge on any atom is 0.255 e. The molecule has 1 aliphatic heterocycles. The van der Waals surface area contributed by atoms with Crippen LogP contribution in [0.25, 0.3) is 0 Å². The summed E-state index contributed by atoms with van der Waals surface area (Å²) in [5.74, 6) is 0.888. The fourth-order valence-electron chi connectivity index (χ4n) is 5.13. The van der Waals surface area contributed by atoms with Gasteiger partial charge in [-0.15, -0.1) is 0 Å². The zero-order valence-electron chi connectivity index (χ0n) is 20.5. The van der Waals surface area contributed by atoms with E-state index < -0.39 is 0 Å². The first-order valence-electron chi connectivity index (χ1n) is 12.3. The number of carbonyl (C=O) groups excluding carboxylic acids is 1. The van der Waals surface area contributed by atoms with E-state index in [0.717, 1.165) is 43.9 Å². The number of nitrogens with zero attached hydrogens (tertiary/aromatic N) is 3. The van der Waals surface area contributed by atoms with Gasteiger partial charge in [0.1, 0.15) is 5.75 Å². The maximum absolute atomic E-state index is 12.8. The predicted molar refractivity (Wildman–Crippen MR) is 136 cm³/mol. The number of benzene rings is 2. The highest BCUT2D eigenvalue weighted by atomic mass is 16.5. The number of pyridine rings is 1. The first kappa shape index (κ1) is 24.0. The minimum Gasteiger partial charge on any atom is -0.497 e. The molecule has 0 radical (unpaired) electrons. The summed E-state index contributed by atoms with van der Waals surface area (Å²) >= 11 is 0. The molecule has 1 aromatic heterocycles. The van der Waals surface area contributed by atoms with Crippen LogP contribution >= 0.6 is 0 Å². The largest absolute Gasteiger partial charge is 0.497 e. The lowest BCUT2D eigenvalue weighted by atomic mass is 9.71. The SMILES string of the molecule is CCN(CC)C(=O)c1ccc(C2(c3cccc(OC)c3)CCCN(Cc3ccccc3)C2)nc1. The number of hydrogen-bond acceptors (Lipinski definition) is 4. The Morgan fingerprint density at radius 3 is 2.53 bits per heavy atom. The summed E-state index contributed by atoms with van der Waals surface area (Å²) in [6, 6.07) is 23.0. The molecule has 178 valence electrons. The Labute approximate surface area is 203 Å². The molecule has 2 aromatic carbocycles. The highest BCUT2D eigenvalue weighted by Gasteiger charge is 2.40. The quantitative estimate of drug-likeness (QED) is 0.469. The third kappa shape index (κ3) is 5.00. The summed E-state index contributed by atoms with van der Waals surface area (Å²) in [5.41, 5.74) is 3.91.